The summed E-state index contributed by atoms with van der Waals surface area (Å²) >= 11 is 0. The number of hydrogen-bond donors (Lipinski definition) is 0. The van der Waals surface area contributed by atoms with Gasteiger partial charge in [0.2, 0.25) is 15.9 Å². The fourth-order valence-electron chi connectivity index (χ4n) is 4.77. The summed E-state index contributed by atoms with van der Waals surface area (Å²) in [5.74, 6) is 0.831. The van der Waals surface area contributed by atoms with Crippen LogP contribution >= 0.6 is 0 Å². The van der Waals surface area contributed by atoms with Crippen molar-refractivity contribution in [2.45, 2.75) is 63.5 Å². The highest BCUT2D eigenvalue weighted by Crippen LogP contribution is 2.45. The molecule has 1 aromatic carbocycles. The molecule has 1 amide bonds. The molecule has 1 heterocycles. The molecular weight excluding hydrogens is 360 g/mol. The lowest BCUT2D eigenvalue weighted by molar-refractivity contribution is -0.142. The standard InChI is InChI=1S/C21H30N2O3S/c1-15-5-3-4-6-20(15)17-13-19(14-17)23(18-7-8-18)21(24)16-9-11-22(12-10-16)27(2,25)26/h3-6,16-19H,7-14H2,1-2H3. The number of rotatable bonds is 5. The minimum Gasteiger partial charge on any atom is -0.336 e. The van der Waals surface area contributed by atoms with Gasteiger partial charge in [0, 0.05) is 31.1 Å². The summed E-state index contributed by atoms with van der Waals surface area (Å²) in [5, 5.41) is 0. The topological polar surface area (TPSA) is 57.7 Å². The largest absolute Gasteiger partial charge is 0.336 e. The Morgan fingerprint density at radius 3 is 2.22 bits per heavy atom. The average molecular weight is 391 g/mol. The lowest BCUT2D eigenvalue weighted by Gasteiger charge is -2.45. The highest BCUT2D eigenvalue weighted by molar-refractivity contribution is 7.88. The van der Waals surface area contributed by atoms with Crippen LogP contribution < -0.4 is 0 Å². The van der Waals surface area contributed by atoms with Crippen molar-refractivity contribution in [1.29, 1.82) is 0 Å². The molecule has 3 fully saturated rings. The van der Waals surface area contributed by atoms with Gasteiger partial charge >= 0.3 is 0 Å². The summed E-state index contributed by atoms with van der Waals surface area (Å²) in [6.45, 7) is 3.12. The molecule has 1 aliphatic heterocycles. The summed E-state index contributed by atoms with van der Waals surface area (Å²) in [4.78, 5) is 15.4. The first-order chi connectivity index (χ1) is 12.8. The third kappa shape index (κ3) is 3.92. The van der Waals surface area contributed by atoms with Crippen LogP contribution in [0.15, 0.2) is 24.3 Å². The Morgan fingerprint density at radius 1 is 1.04 bits per heavy atom. The molecule has 2 saturated carbocycles. The van der Waals surface area contributed by atoms with Gasteiger partial charge in [-0.15, -0.1) is 0 Å². The van der Waals surface area contributed by atoms with E-state index in [4.69, 9.17) is 0 Å². The maximum Gasteiger partial charge on any atom is 0.226 e. The highest BCUT2D eigenvalue weighted by atomic mass is 32.2. The quantitative estimate of drug-likeness (QED) is 0.777. The third-order valence-corrected chi connectivity index (χ3v) is 7.90. The molecule has 3 aliphatic rings. The van der Waals surface area contributed by atoms with E-state index in [-0.39, 0.29) is 11.8 Å². The van der Waals surface area contributed by atoms with Crippen LogP contribution in [0.5, 0.6) is 0 Å². The van der Waals surface area contributed by atoms with Crippen molar-refractivity contribution in [2.24, 2.45) is 5.92 Å². The molecule has 6 heteroatoms. The number of hydrogen-bond acceptors (Lipinski definition) is 3. The van der Waals surface area contributed by atoms with E-state index in [9.17, 15) is 13.2 Å². The fourth-order valence-corrected chi connectivity index (χ4v) is 5.64. The molecule has 27 heavy (non-hydrogen) atoms. The zero-order valence-electron chi connectivity index (χ0n) is 16.3. The Morgan fingerprint density at radius 2 is 1.67 bits per heavy atom. The van der Waals surface area contributed by atoms with E-state index in [0.29, 0.717) is 43.9 Å². The second-order valence-corrected chi connectivity index (χ2v) is 10.6. The van der Waals surface area contributed by atoms with Gasteiger partial charge in [0.1, 0.15) is 0 Å². The first kappa shape index (κ1) is 18.9. The molecular formula is C21H30N2O3S. The van der Waals surface area contributed by atoms with E-state index in [2.05, 4.69) is 36.1 Å². The van der Waals surface area contributed by atoms with Gasteiger partial charge in [-0.25, -0.2) is 12.7 Å². The summed E-state index contributed by atoms with van der Waals surface area (Å²) in [6.07, 6.45) is 6.95. The molecule has 0 spiro atoms. The van der Waals surface area contributed by atoms with Gasteiger partial charge in [-0.1, -0.05) is 24.3 Å². The van der Waals surface area contributed by atoms with Gasteiger partial charge < -0.3 is 4.90 Å². The number of nitrogens with zero attached hydrogens (tertiary/aromatic N) is 2. The van der Waals surface area contributed by atoms with Crippen molar-refractivity contribution in [3.8, 4) is 0 Å². The van der Waals surface area contributed by atoms with Gasteiger partial charge in [0.25, 0.3) is 0 Å². The average Bonchev–Trinajstić information content (AvgIpc) is 3.42. The lowest BCUT2D eigenvalue weighted by Crippen LogP contribution is -2.52. The van der Waals surface area contributed by atoms with Crippen LogP contribution in [0.2, 0.25) is 0 Å². The molecule has 2 aliphatic carbocycles. The van der Waals surface area contributed by atoms with Gasteiger partial charge in [-0.3, -0.25) is 4.79 Å². The van der Waals surface area contributed by atoms with Crippen LogP contribution in [0, 0.1) is 12.8 Å². The van der Waals surface area contributed by atoms with E-state index in [0.717, 1.165) is 25.7 Å². The third-order valence-electron chi connectivity index (χ3n) is 6.60. The second-order valence-electron chi connectivity index (χ2n) is 8.59. The van der Waals surface area contributed by atoms with Gasteiger partial charge in [-0.2, -0.15) is 0 Å². The van der Waals surface area contributed by atoms with Crippen molar-refractivity contribution < 1.29 is 13.2 Å². The molecule has 4 rings (SSSR count). The van der Waals surface area contributed by atoms with Gasteiger partial charge in [-0.05, 0) is 62.5 Å². The Kier molecular flexibility index (Phi) is 5.06. The van der Waals surface area contributed by atoms with Crippen LogP contribution in [0.25, 0.3) is 0 Å². The van der Waals surface area contributed by atoms with Gasteiger partial charge in [0.05, 0.1) is 6.26 Å². The van der Waals surface area contributed by atoms with E-state index in [1.165, 1.54) is 21.7 Å². The van der Waals surface area contributed by atoms with E-state index >= 15 is 0 Å². The van der Waals surface area contributed by atoms with E-state index in [1.807, 2.05) is 0 Å². The second kappa shape index (κ2) is 7.21. The van der Waals surface area contributed by atoms with Crippen LogP contribution in [-0.2, 0) is 14.8 Å². The first-order valence-electron chi connectivity index (χ1n) is 10.2. The Balaban J connectivity index is 1.38. The summed E-state index contributed by atoms with van der Waals surface area (Å²) < 4.78 is 24.9. The number of piperidine rings is 1. The first-order valence-corrected chi connectivity index (χ1v) is 12.0. The van der Waals surface area contributed by atoms with Crippen LogP contribution in [-0.4, -0.2) is 55.0 Å². The number of carbonyl (C=O) groups excluding carboxylic acids is 1. The number of benzene rings is 1. The number of aryl methyl sites for hydroxylation is 1. The summed E-state index contributed by atoms with van der Waals surface area (Å²) in [5.41, 5.74) is 2.77. The molecule has 1 aromatic rings. The molecule has 0 bridgehead atoms. The lowest BCUT2D eigenvalue weighted by atomic mass is 9.73. The molecule has 0 unspecified atom stereocenters. The molecule has 0 N–H and O–H groups in total. The van der Waals surface area contributed by atoms with Crippen LogP contribution in [0.4, 0.5) is 0 Å². The SMILES string of the molecule is Cc1ccccc1C1CC(N(C(=O)C2CCN(S(C)(=O)=O)CC2)C2CC2)C1. The normalized spacial score (nSPS) is 27.2. The zero-order valence-corrected chi connectivity index (χ0v) is 17.1. The summed E-state index contributed by atoms with van der Waals surface area (Å²) in [7, 11) is -3.14. The molecule has 148 valence electrons. The monoisotopic (exact) mass is 390 g/mol. The number of amides is 1. The van der Waals surface area contributed by atoms with Crippen LogP contribution in [0.3, 0.4) is 0 Å². The number of carbonyl (C=O) groups is 1. The van der Waals surface area contributed by atoms with Crippen molar-refractivity contribution >= 4 is 15.9 Å². The minimum atomic E-state index is -3.14. The predicted octanol–water partition coefficient (Wildman–Crippen LogP) is 2.90. The highest BCUT2D eigenvalue weighted by Gasteiger charge is 2.45. The maximum absolute atomic E-state index is 13.2. The van der Waals surface area contributed by atoms with Crippen molar-refractivity contribution in [1.82, 2.24) is 9.21 Å². The van der Waals surface area contributed by atoms with Crippen molar-refractivity contribution in [3.05, 3.63) is 35.4 Å². The Labute approximate surface area is 162 Å². The minimum absolute atomic E-state index is 0.0129. The van der Waals surface area contributed by atoms with Crippen molar-refractivity contribution in [3.63, 3.8) is 0 Å². The zero-order chi connectivity index (χ0) is 19.2. The van der Waals surface area contributed by atoms with Crippen molar-refractivity contribution in [2.75, 3.05) is 19.3 Å². The molecule has 0 aromatic heterocycles. The van der Waals surface area contributed by atoms with Crippen LogP contribution in [0.1, 0.15) is 55.6 Å². The number of sulfonamides is 1. The molecule has 0 radical (unpaired) electrons. The van der Waals surface area contributed by atoms with E-state index < -0.39 is 10.0 Å². The predicted molar refractivity (Wildman–Crippen MR) is 106 cm³/mol. The Bertz CT molecular complexity index is 804. The molecule has 5 nitrogen and oxygen atoms in total. The fraction of sp³-hybridized carbons (Fsp3) is 0.667. The molecule has 1 saturated heterocycles. The summed E-state index contributed by atoms with van der Waals surface area (Å²) in [6, 6.07) is 9.37. The maximum atomic E-state index is 13.2. The van der Waals surface area contributed by atoms with E-state index in [1.54, 1.807) is 0 Å². The smallest absolute Gasteiger partial charge is 0.226 e. The Hall–Kier alpha value is -1.40. The van der Waals surface area contributed by atoms with Gasteiger partial charge in [0.15, 0.2) is 0 Å². The molecule has 0 atom stereocenters.